The van der Waals surface area contributed by atoms with E-state index in [1.807, 2.05) is 42.6 Å². The van der Waals surface area contributed by atoms with Gasteiger partial charge in [-0.15, -0.1) is 0 Å². The van der Waals surface area contributed by atoms with Gasteiger partial charge in [-0.3, -0.25) is 4.98 Å². The Morgan fingerprint density at radius 1 is 1.20 bits per heavy atom. The minimum absolute atomic E-state index is 0.235. The summed E-state index contributed by atoms with van der Waals surface area (Å²) in [7, 11) is 0. The first-order valence-corrected chi connectivity index (χ1v) is 11.6. The van der Waals surface area contributed by atoms with Crippen LogP contribution in [0.1, 0.15) is 12.5 Å². The number of nitrogens with one attached hydrogen (secondary N) is 2. The molecular weight excluding hydrogens is 446 g/mol. The maximum atomic E-state index is 13.5. The Kier molecular flexibility index (Phi) is 6.44. The van der Waals surface area contributed by atoms with E-state index in [4.69, 9.17) is 14.5 Å². The van der Waals surface area contributed by atoms with E-state index in [0.29, 0.717) is 43.6 Å². The second kappa shape index (κ2) is 9.98. The molecule has 4 heterocycles. The normalized spacial score (nSPS) is 19.9. The summed E-state index contributed by atoms with van der Waals surface area (Å²) in [5.41, 5.74) is 1.62. The number of morpholine rings is 1. The number of ether oxygens (including phenoxy) is 2. The van der Waals surface area contributed by atoms with Crippen molar-refractivity contribution in [1.29, 1.82) is 0 Å². The lowest BCUT2D eigenvalue weighted by molar-refractivity contribution is -0.147. The summed E-state index contributed by atoms with van der Waals surface area (Å²) in [6.07, 6.45) is 8.72. The van der Waals surface area contributed by atoms with Crippen molar-refractivity contribution in [2.75, 3.05) is 38.2 Å². The van der Waals surface area contributed by atoms with E-state index in [2.05, 4.69) is 25.6 Å². The van der Waals surface area contributed by atoms with E-state index in [1.165, 1.54) is 0 Å². The van der Waals surface area contributed by atoms with E-state index >= 15 is 0 Å². The van der Waals surface area contributed by atoms with Gasteiger partial charge in [-0.2, -0.15) is 5.10 Å². The number of hydrogen-bond acceptors (Lipinski definition) is 9. The number of benzene rings is 1. The van der Waals surface area contributed by atoms with E-state index in [0.717, 1.165) is 11.3 Å². The largest absolute Gasteiger partial charge is 0.463 e. The van der Waals surface area contributed by atoms with Crippen LogP contribution in [0.2, 0.25) is 0 Å². The Hall–Kier alpha value is -4.18. The Morgan fingerprint density at radius 2 is 2.09 bits per heavy atom. The van der Waals surface area contributed by atoms with Gasteiger partial charge in [0.15, 0.2) is 0 Å². The van der Waals surface area contributed by atoms with Crippen molar-refractivity contribution in [3.8, 4) is 5.69 Å². The van der Waals surface area contributed by atoms with Gasteiger partial charge in [-0.05, 0) is 43.3 Å². The van der Waals surface area contributed by atoms with Crippen molar-refractivity contribution in [2.45, 2.75) is 12.6 Å². The second-order valence-corrected chi connectivity index (χ2v) is 8.09. The Balaban J connectivity index is 1.61. The van der Waals surface area contributed by atoms with Crippen LogP contribution >= 0.6 is 0 Å². The third-order valence-electron chi connectivity index (χ3n) is 5.71. The number of rotatable bonds is 6. The predicted octanol–water partition coefficient (Wildman–Crippen LogP) is 2.27. The number of nitrogens with zero attached hydrogens (tertiary/aromatic N) is 5. The van der Waals surface area contributed by atoms with Gasteiger partial charge < -0.3 is 25.0 Å². The van der Waals surface area contributed by atoms with Crippen LogP contribution in [0.5, 0.6) is 0 Å². The molecule has 1 unspecified atom stereocenters. The summed E-state index contributed by atoms with van der Waals surface area (Å²) in [5.74, 6) is 0.102. The van der Waals surface area contributed by atoms with Crippen molar-refractivity contribution < 1.29 is 14.3 Å². The van der Waals surface area contributed by atoms with E-state index in [1.54, 1.807) is 42.3 Å². The summed E-state index contributed by atoms with van der Waals surface area (Å²) < 4.78 is 12.8. The zero-order valence-electron chi connectivity index (χ0n) is 19.4. The van der Waals surface area contributed by atoms with Crippen LogP contribution in [-0.4, -0.2) is 70.2 Å². The smallest absolute Gasteiger partial charge is 0.357 e. The maximum Gasteiger partial charge on any atom is 0.357 e. The zero-order valence-corrected chi connectivity index (χ0v) is 19.4. The highest BCUT2D eigenvalue weighted by atomic mass is 16.5. The highest BCUT2D eigenvalue weighted by molar-refractivity contribution is 5.99. The molecule has 0 bridgehead atoms. The number of pyridine rings is 1. The molecule has 1 atom stereocenters. The van der Waals surface area contributed by atoms with Gasteiger partial charge in [0.05, 0.1) is 43.1 Å². The molecule has 1 fully saturated rings. The molecule has 0 saturated carbocycles. The summed E-state index contributed by atoms with van der Waals surface area (Å²) >= 11 is 0. The van der Waals surface area contributed by atoms with E-state index in [9.17, 15) is 4.79 Å². The SMILES string of the molecule is CCOC(=O)C1(Nc2cccnc2)C=C(c2cccc(-n3cccn3)c2)N=C(N2CCOCC2)N1. The fraction of sp³-hybridized carbons (Fsp3) is 0.280. The van der Waals surface area contributed by atoms with E-state index < -0.39 is 11.6 Å². The molecule has 10 nitrogen and oxygen atoms in total. The molecule has 0 radical (unpaired) electrons. The van der Waals surface area contributed by atoms with Crippen LogP contribution < -0.4 is 10.6 Å². The Bertz CT molecular complexity index is 1220. The fourth-order valence-electron chi connectivity index (χ4n) is 4.03. The van der Waals surface area contributed by atoms with Crippen LogP contribution in [0.3, 0.4) is 0 Å². The topological polar surface area (TPSA) is 106 Å². The van der Waals surface area contributed by atoms with Gasteiger partial charge in [0.1, 0.15) is 0 Å². The number of aliphatic imine (C=N–C) groups is 1. The number of anilines is 1. The van der Waals surface area contributed by atoms with Crippen molar-refractivity contribution in [2.24, 2.45) is 4.99 Å². The lowest BCUT2D eigenvalue weighted by atomic mass is 10.0. The lowest BCUT2D eigenvalue weighted by Crippen LogP contribution is -2.64. The van der Waals surface area contributed by atoms with Gasteiger partial charge in [0, 0.05) is 37.2 Å². The van der Waals surface area contributed by atoms with Crippen LogP contribution in [0.15, 0.2) is 78.3 Å². The van der Waals surface area contributed by atoms with Crippen molar-refractivity contribution >= 4 is 23.3 Å². The summed E-state index contributed by atoms with van der Waals surface area (Å²) in [4.78, 5) is 24.6. The quantitative estimate of drug-likeness (QED) is 0.526. The molecule has 0 spiro atoms. The predicted molar refractivity (Wildman–Crippen MR) is 132 cm³/mol. The Labute approximate surface area is 203 Å². The number of aromatic nitrogens is 3. The summed E-state index contributed by atoms with van der Waals surface area (Å²) in [6, 6.07) is 13.4. The molecule has 35 heavy (non-hydrogen) atoms. The van der Waals surface area contributed by atoms with Gasteiger partial charge in [-0.25, -0.2) is 14.5 Å². The number of hydrogen-bond donors (Lipinski definition) is 2. The van der Waals surface area contributed by atoms with Gasteiger partial charge in [0.2, 0.25) is 11.6 Å². The van der Waals surface area contributed by atoms with Crippen molar-refractivity contribution in [1.82, 2.24) is 25.0 Å². The number of carbonyl (C=O) groups is 1. The molecular formula is C25H27N7O3. The molecule has 5 rings (SSSR count). The monoisotopic (exact) mass is 473 g/mol. The van der Waals surface area contributed by atoms with Crippen LogP contribution in [0.4, 0.5) is 5.69 Å². The average Bonchev–Trinajstić information content (AvgIpc) is 3.45. The van der Waals surface area contributed by atoms with Crippen LogP contribution in [-0.2, 0) is 14.3 Å². The first kappa shape index (κ1) is 22.6. The Morgan fingerprint density at radius 3 is 2.83 bits per heavy atom. The molecule has 180 valence electrons. The zero-order chi connectivity index (χ0) is 24.1. The third kappa shape index (κ3) is 4.87. The lowest BCUT2D eigenvalue weighted by Gasteiger charge is -2.39. The first-order chi connectivity index (χ1) is 17.2. The molecule has 0 amide bonds. The van der Waals surface area contributed by atoms with Gasteiger partial charge in [-0.1, -0.05) is 12.1 Å². The average molecular weight is 474 g/mol. The molecule has 10 heteroatoms. The number of esters is 1. The fourth-order valence-corrected chi connectivity index (χ4v) is 4.03. The molecule has 1 aromatic carbocycles. The maximum absolute atomic E-state index is 13.5. The minimum atomic E-state index is -1.40. The first-order valence-electron chi connectivity index (χ1n) is 11.6. The molecule has 1 saturated heterocycles. The highest BCUT2D eigenvalue weighted by Gasteiger charge is 2.43. The van der Waals surface area contributed by atoms with Crippen molar-refractivity contribution in [3.63, 3.8) is 0 Å². The third-order valence-corrected chi connectivity index (χ3v) is 5.71. The standard InChI is InChI=1S/C25H27N7O3/c1-2-35-23(33)25(29-20-7-4-9-26-18-20)17-22(28-24(30-25)31-12-14-34-15-13-31)19-6-3-8-21(16-19)32-11-5-10-27-32/h3-11,16-18,29H,2,12-15H2,1H3,(H,28,30). The molecule has 0 aliphatic carbocycles. The molecule has 2 aliphatic rings. The summed E-state index contributed by atoms with van der Waals surface area (Å²) in [6.45, 7) is 4.48. The molecule has 2 N–H and O–H groups in total. The number of guanidine groups is 1. The van der Waals surface area contributed by atoms with Gasteiger partial charge in [0.25, 0.3) is 0 Å². The van der Waals surface area contributed by atoms with Crippen molar-refractivity contribution in [3.05, 3.63) is 78.9 Å². The second-order valence-electron chi connectivity index (χ2n) is 8.09. The molecule has 2 aliphatic heterocycles. The molecule has 3 aromatic rings. The van der Waals surface area contributed by atoms with Crippen LogP contribution in [0.25, 0.3) is 11.4 Å². The highest BCUT2D eigenvalue weighted by Crippen LogP contribution is 2.28. The summed E-state index contributed by atoms with van der Waals surface area (Å²) in [5, 5.41) is 11.0. The minimum Gasteiger partial charge on any atom is -0.463 e. The molecule has 2 aromatic heterocycles. The van der Waals surface area contributed by atoms with E-state index in [-0.39, 0.29) is 6.61 Å². The van der Waals surface area contributed by atoms with Crippen LogP contribution in [0, 0.1) is 0 Å². The number of carbonyl (C=O) groups excluding carboxylic acids is 1. The van der Waals surface area contributed by atoms with Gasteiger partial charge >= 0.3 is 5.97 Å².